The van der Waals surface area contributed by atoms with Gasteiger partial charge in [-0.2, -0.15) is 0 Å². The van der Waals surface area contributed by atoms with Gasteiger partial charge in [0.05, 0.1) is 67.6 Å². The molecule has 0 aromatic carbocycles. The van der Waals surface area contributed by atoms with Crippen molar-refractivity contribution in [3.05, 3.63) is 24.8 Å². The van der Waals surface area contributed by atoms with Gasteiger partial charge in [-0.3, -0.25) is 9.36 Å². The Kier molecular flexibility index (Phi) is 13.1. The number of allylic oxidation sites excluding steroid dienone is 1. The van der Waals surface area contributed by atoms with E-state index in [1.165, 1.54) is 17.2 Å². The number of nitrogens with two attached hydrogens (primary N) is 2. The van der Waals surface area contributed by atoms with E-state index in [1.807, 2.05) is 19.9 Å². The lowest BCUT2D eigenvalue weighted by Gasteiger charge is -2.46. The van der Waals surface area contributed by atoms with Crippen molar-refractivity contribution in [3.63, 3.8) is 0 Å². The van der Waals surface area contributed by atoms with E-state index in [1.54, 1.807) is 26.8 Å². The third-order valence-corrected chi connectivity index (χ3v) is 10.2. The summed E-state index contributed by atoms with van der Waals surface area (Å²) in [5, 5.41) is 79.5. The Morgan fingerprint density at radius 3 is 2.47 bits per heavy atom. The molecule has 3 fully saturated rings. The van der Waals surface area contributed by atoms with Crippen molar-refractivity contribution in [1.29, 1.82) is 0 Å². The molecule has 3 saturated heterocycles. The van der Waals surface area contributed by atoms with Gasteiger partial charge in [-0.05, 0) is 18.8 Å². The summed E-state index contributed by atoms with van der Waals surface area (Å²) in [4.78, 5) is 26.5. The maximum absolute atomic E-state index is 14.2. The fraction of sp³-hybridized carbons (Fsp3) is 0.765. The molecule has 0 saturated carbocycles. The number of ether oxygens (including phenoxy) is 4. The quantitative estimate of drug-likeness (QED) is 0.0970. The zero-order chi connectivity index (χ0) is 38.9. The molecule has 19 nitrogen and oxygen atoms in total. The van der Waals surface area contributed by atoms with E-state index < -0.39 is 110 Å². The van der Waals surface area contributed by atoms with Crippen LogP contribution < -0.4 is 16.8 Å². The zero-order valence-electron chi connectivity index (χ0n) is 30.5. The number of aromatic nitrogens is 4. The Hall–Kier alpha value is -2.92. The number of fused-ring (bicyclic) bond motifs is 1. The summed E-state index contributed by atoms with van der Waals surface area (Å²) < 4.78 is 25.5. The molecule has 5 rings (SSSR count). The van der Waals surface area contributed by atoms with Crippen molar-refractivity contribution >= 4 is 22.9 Å². The van der Waals surface area contributed by atoms with Crippen LogP contribution in [0.5, 0.6) is 0 Å². The molecule has 3 aliphatic rings. The Labute approximate surface area is 306 Å². The number of imidazole rings is 1. The van der Waals surface area contributed by atoms with Gasteiger partial charge in [-0.1, -0.05) is 39.8 Å². The second-order valence-electron chi connectivity index (χ2n) is 15.1. The summed E-state index contributed by atoms with van der Waals surface area (Å²) in [6, 6.07) is -2.28. The van der Waals surface area contributed by atoms with Gasteiger partial charge in [0, 0.05) is 19.3 Å². The molecule has 0 aliphatic carbocycles. The number of carbonyl (C=O) groups excluding carboxylic acids is 1. The number of carbonyl (C=O) groups is 1. The van der Waals surface area contributed by atoms with Gasteiger partial charge in [-0.25, -0.2) is 15.0 Å². The highest BCUT2D eigenvalue weighted by Gasteiger charge is 2.53. The first kappa shape index (κ1) is 41.2. The summed E-state index contributed by atoms with van der Waals surface area (Å²) >= 11 is 0. The van der Waals surface area contributed by atoms with Crippen molar-refractivity contribution in [2.75, 3.05) is 12.3 Å². The second-order valence-corrected chi connectivity index (χ2v) is 15.1. The number of aliphatic hydroxyl groups is 7. The normalized spacial score (nSPS) is 37.9. The number of hydrogen-bond acceptors (Lipinski definition) is 17. The minimum atomic E-state index is -2.06. The first-order valence-electron chi connectivity index (χ1n) is 18.0. The van der Waals surface area contributed by atoms with Crippen molar-refractivity contribution in [2.45, 2.75) is 139 Å². The molecule has 53 heavy (non-hydrogen) atoms. The lowest BCUT2D eigenvalue weighted by atomic mass is 9.81. The van der Waals surface area contributed by atoms with Gasteiger partial charge in [0.15, 0.2) is 29.8 Å². The van der Waals surface area contributed by atoms with Gasteiger partial charge >= 0.3 is 0 Å². The lowest BCUT2D eigenvalue weighted by Crippen LogP contribution is -2.62. The van der Waals surface area contributed by atoms with E-state index in [-0.39, 0.29) is 41.7 Å². The Balaban J connectivity index is 1.42. The van der Waals surface area contributed by atoms with E-state index in [2.05, 4.69) is 20.3 Å². The van der Waals surface area contributed by atoms with Crippen LogP contribution in [-0.2, 0) is 23.7 Å². The Morgan fingerprint density at radius 1 is 1.09 bits per heavy atom. The van der Waals surface area contributed by atoms with Crippen LogP contribution in [0.3, 0.4) is 0 Å². The largest absolute Gasteiger partial charge is 0.394 e. The SMILES string of the molecule is CC(C)/C=C/[C@@H](C[C@@H]1O[C@](O)(C[C@@H](O)C(C)C)C[C@H](O)[C@H]1C(=O)NC1C(CO)OC(n2cnc3c(N)ncnc32)C1O)OC1OC(C)C(O)C(N)C1O. The Morgan fingerprint density at radius 2 is 1.81 bits per heavy atom. The highest BCUT2D eigenvalue weighted by Crippen LogP contribution is 2.39. The number of nitrogens with one attached hydrogen (secondary N) is 1. The van der Waals surface area contributed by atoms with E-state index in [4.69, 9.17) is 30.4 Å². The van der Waals surface area contributed by atoms with Crippen molar-refractivity contribution in [2.24, 2.45) is 23.5 Å². The summed E-state index contributed by atoms with van der Waals surface area (Å²) in [5.41, 5.74) is 12.5. The molecule has 0 spiro atoms. The topological polar surface area (TPSA) is 303 Å². The maximum atomic E-state index is 14.2. The summed E-state index contributed by atoms with van der Waals surface area (Å²) in [6.07, 6.45) is -7.94. The highest BCUT2D eigenvalue weighted by atomic mass is 16.7. The fourth-order valence-electron chi connectivity index (χ4n) is 7.07. The predicted molar refractivity (Wildman–Crippen MR) is 186 cm³/mol. The number of anilines is 1. The molecule has 2 aromatic heterocycles. The van der Waals surface area contributed by atoms with Crippen LogP contribution in [0.4, 0.5) is 5.82 Å². The standard InChI is InChI=1S/C34H55N7O12/c1-14(2)6-7-17(51-33-27(46)23(35)26(45)16(5)50-33)8-20-22(19(44)10-34(49,53-20)9-18(43)15(3)4)31(48)40-24-21(11-42)52-32(28(24)47)41-13-39-25-29(36)37-12-38-30(25)41/h6-7,12-24,26-28,32-33,42-47,49H,8-11,35H2,1-5H3,(H,40,48)(H2,36,37,38)/b7-6+/t16?,17-,18+,19-,20-,21?,22+,23?,24?,26?,27?,28?,32?,33?,34+/m0/s1. The van der Waals surface area contributed by atoms with Crippen LogP contribution in [-0.4, -0.2) is 147 Å². The first-order chi connectivity index (χ1) is 24.9. The number of aliphatic hydroxyl groups excluding tert-OH is 6. The second kappa shape index (κ2) is 16.8. The third-order valence-electron chi connectivity index (χ3n) is 10.2. The number of nitrogens with zero attached hydrogens (tertiary/aromatic N) is 4. The molecule has 9 unspecified atom stereocenters. The number of hydrogen-bond donors (Lipinski definition) is 10. The van der Waals surface area contributed by atoms with E-state index in [0.717, 1.165) is 0 Å². The molecule has 12 N–H and O–H groups in total. The number of nitrogen functional groups attached to an aromatic ring is 1. The minimum Gasteiger partial charge on any atom is -0.394 e. The molecule has 0 bridgehead atoms. The van der Waals surface area contributed by atoms with E-state index in [0.29, 0.717) is 0 Å². The zero-order valence-corrected chi connectivity index (χ0v) is 30.5. The lowest BCUT2D eigenvalue weighted by molar-refractivity contribution is -0.307. The Bertz CT molecular complexity index is 1560. The highest BCUT2D eigenvalue weighted by molar-refractivity contribution is 5.81. The summed E-state index contributed by atoms with van der Waals surface area (Å²) in [7, 11) is 0. The molecular formula is C34H55N7O12. The van der Waals surface area contributed by atoms with Crippen LogP contribution in [0.1, 0.15) is 60.1 Å². The maximum Gasteiger partial charge on any atom is 0.228 e. The molecule has 15 atom stereocenters. The summed E-state index contributed by atoms with van der Waals surface area (Å²) in [6.45, 7) is 8.34. The monoisotopic (exact) mass is 753 g/mol. The number of rotatable bonds is 13. The van der Waals surface area contributed by atoms with Gasteiger partial charge in [0.25, 0.3) is 0 Å². The number of amides is 1. The first-order valence-corrected chi connectivity index (χ1v) is 18.0. The molecule has 5 heterocycles. The predicted octanol–water partition coefficient (Wildman–Crippen LogP) is -2.21. The van der Waals surface area contributed by atoms with Crippen LogP contribution in [0.15, 0.2) is 24.8 Å². The summed E-state index contributed by atoms with van der Waals surface area (Å²) in [5.74, 6) is -4.34. The van der Waals surface area contributed by atoms with Gasteiger partial charge in [0.2, 0.25) is 5.91 Å². The third kappa shape index (κ3) is 8.98. The van der Waals surface area contributed by atoms with Crippen molar-refractivity contribution in [1.82, 2.24) is 24.8 Å². The van der Waals surface area contributed by atoms with Crippen LogP contribution in [0, 0.1) is 17.8 Å². The van der Waals surface area contributed by atoms with Crippen molar-refractivity contribution in [3.8, 4) is 0 Å². The van der Waals surface area contributed by atoms with Gasteiger partial charge in [-0.15, -0.1) is 0 Å². The minimum absolute atomic E-state index is 0.0409. The molecule has 2 aromatic rings. The molecule has 19 heteroatoms. The van der Waals surface area contributed by atoms with Crippen LogP contribution in [0.25, 0.3) is 11.2 Å². The van der Waals surface area contributed by atoms with Gasteiger partial charge in [0.1, 0.15) is 30.2 Å². The van der Waals surface area contributed by atoms with Crippen LogP contribution >= 0.6 is 0 Å². The van der Waals surface area contributed by atoms with Gasteiger partial charge < -0.3 is 71.5 Å². The average molecular weight is 754 g/mol. The molecule has 0 radical (unpaired) electrons. The van der Waals surface area contributed by atoms with E-state index in [9.17, 15) is 40.5 Å². The smallest absolute Gasteiger partial charge is 0.228 e. The molecule has 3 aliphatic heterocycles. The molecule has 298 valence electrons. The van der Waals surface area contributed by atoms with Crippen molar-refractivity contribution < 1.29 is 59.5 Å². The molecular weight excluding hydrogens is 698 g/mol. The van der Waals surface area contributed by atoms with Crippen LogP contribution in [0.2, 0.25) is 0 Å². The fourth-order valence-corrected chi connectivity index (χ4v) is 7.07. The average Bonchev–Trinajstić information content (AvgIpc) is 3.65. The molecule has 1 amide bonds. The van der Waals surface area contributed by atoms with E-state index >= 15 is 0 Å².